The lowest BCUT2D eigenvalue weighted by Crippen LogP contribution is -2.57. The molecular formula is C28H32F5N9O2. The van der Waals surface area contributed by atoms with E-state index in [0.717, 1.165) is 12.6 Å². The van der Waals surface area contributed by atoms with E-state index in [0.29, 0.717) is 46.8 Å². The summed E-state index contributed by atoms with van der Waals surface area (Å²) in [5.41, 5.74) is 4.76. The van der Waals surface area contributed by atoms with Gasteiger partial charge in [-0.15, -0.1) is 0 Å². The first-order valence-electron chi connectivity index (χ1n) is 14.0. The highest BCUT2D eigenvalue weighted by Crippen LogP contribution is 2.40. The standard InChI is InChI=1S/C28H32F5N9O2/c1-3-16-10-18(4-5-19(16)25(44)36-12-23(43)40-8-6-17(34)13-40)38-26-27(2)37-11-21(42(27)9-7-35-26)20-14-41(15-22(29)30)39-24(20)28(31,32)33/h4-5,7,9-11,14,17,22,37H,3,6,8,12-13,15,34H2,1-2H3,(H,35,38)(H,36,44)/t17-,27?/m1/s1. The summed E-state index contributed by atoms with van der Waals surface area (Å²) in [7, 11) is 0. The van der Waals surface area contributed by atoms with Crippen LogP contribution >= 0.6 is 0 Å². The summed E-state index contributed by atoms with van der Waals surface area (Å²) in [6, 6.07) is 4.97. The molecule has 11 nitrogen and oxygen atoms in total. The number of nitrogens with zero attached hydrogens (tertiary/aromatic N) is 5. The van der Waals surface area contributed by atoms with Gasteiger partial charge in [-0.2, -0.15) is 18.3 Å². The first-order chi connectivity index (χ1) is 20.8. The second-order valence-corrected chi connectivity index (χ2v) is 10.8. The molecule has 2 aromatic rings. The summed E-state index contributed by atoms with van der Waals surface area (Å²) in [4.78, 5) is 32.9. The number of halogens is 5. The number of fused-ring (bicyclic) bond motifs is 1. The van der Waals surface area contributed by atoms with Crippen molar-refractivity contribution in [1.82, 2.24) is 30.2 Å². The lowest BCUT2D eigenvalue weighted by Gasteiger charge is -2.39. The van der Waals surface area contributed by atoms with Gasteiger partial charge in [0.1, 0.15) is 6.54 Å². The number of carbonyl (C=O) groups is 2. The number of aryl methyl sites for hydroxylation is 1. The van der Waals surface area contributed by atoms with E-state index < -0.39 is 36.4 Å². The molecule has 5 rings (SSSR count). The van der Waals surface area contributed by atoms with Crippen LogP contribution in [0.4, 0.5) is 27.6 Å². The largest absolute Gasteiger partial charge is 0.435 e. The number of aromatic nitrogens is 2. The van der Waals surface area contributed by atoms with Crippen molar-refractivity contribution in [3.05, 3.63) is 65.4 Å². The van der Waals surface area contributed by atoms with Gasteiger partial charge in [-0.25, -0.2) is 13.8 Å². The van der Waals surface area contributed by atoms with Crippen LogP contribution in [0.25, 0.3) is 5.70 Å². The SMILES string of the molecule is CCc1cc(NC2=NC=CN3C(c4cn(CC(F)F)nc4C(F)(F)F)=CNC23C)ccc1C(=O)NCC(=O)N1CC[C@@H](N)C1. The summed E-state index contributed by atoms with van der Waals surface area (Å²) in [5, 5.41) is 12.3. The molecule has 0 spiro atoms. The number of hydrogen-bond donors (Lipinski definition) is 4. The molecule has 0 aliphatic carbocycles. The third kappa shape index (κ3) is 6.11. The van der Waals surface area contributed by atoms with Gasteiger partial charge in [-0.05, 0) is 43.5 Å². The molecule has 3 aliphatic rings. The van der Waals surface area contributed by atoms with Crippen LogP contribution in [0.2, 0.25) is 0 Å². The maximum Gasteiger partial charge on any atom is 0.435 e. The first-order valence-corrected chi connectivity index (χ1v) is 14.0. The Morgan fingerprint density at radius 3 is 2.70 bits per heavy atom. The Hall–Kier alpha value is -4.47. The molecule has 4 heterocycles. The number of carbonyl (C=O) groups excluding carboxylic acids is 2. The average Bonchev–Trinajstić information content (AvgIpc) is 3.68. The van der Waals surface area contributed by atoms with E-state index >= 15 is 0 Å². The van der Waals surface area contributed by atoms with E-state index in [1.165, 1.54) is 23.5 Å². The zero-order valence-corrected chi connectivity index (χ0v) is 24.0. The molecule has 1 unspecified atom stereocenters. The van der Waals surface area contributed by atoms with E-state index in [-0.39, 0.29) is 29.8 Å². The molecule has 44 heavy (non-hydrogen) atoms. The van der Waals surface area contributed by atoms with Crippen LogP contribution in [0.5, 0.6) is 0 Å². The van der Waals surface area contributed by atoms with Gasteiger partial charge in [0.05, 0.1) is 17.8 Å². The van der Waals surface area contributed by atoms with Crippen LogP contribution in [0.3, 0.4) is 0 Å². The van der Waals surface area contributed by atoms with Gasteiger partial charge in [0.25, 0.3) is 12.3 Å². The number of anilines is 1. The van der Waals surface area contributed by atoms with Crippen LogP contribution in [0.1, 0.15) is 47.4 Å². The topological polar surface area (TPSA) is 133 Å². The molecule has 5 N–H and O–H groups in total. The molecule has 16 heteroatoms. The van der Waals surface area contributed by atoms with Gasteiger partial charge in [-0.3, -0.25) is 14.3 Å². The highest BCUT2D eigenvalue weighted by Gasteiger charge is 2.46. The van der Waals surface area contributed by atoms with E-state index in [1.54, 1.807) is 30.0 Å². The minimum absolute atomic E-state index is 0.0592. The van der Waals surface area contributed by atoms with Crippen LogP contribution in [-0.4, -0.2) is 75.0 Å². The first kappa shape index (κ1) is 31.0. The Kier molecular flexibility index (Phi) is 8.38. The Morgan fingerprint density at radius 2 is 2.05 bits per heavy atom. The number of benzene rings is 1. The molecule has 1 saturated heterocycles. The van der Waals surface area contributed by atoms with E-state index in [2.05, 4.69) is 26.0 Å². The van der Waals surface area contributed by atoms with Crippen LogP contribution in [-0.2, 0) is 23.9 Å². The predicted octanol–water partition coefficient (Wildman–Crippen LogP) is 2.93. The fourth-order valence-corrected chi connectivity index (χ4v) is 5.41. The second kappa shape index (κ2) is 11.9. The number of alkyl halides is 5. The van der Waals surface area contributed by atoms with Gasteiger partial charge in [0.2, 0.25) is 5.91 Å². The zero-order chi connectivity index (χ0) is 31.8. The van der Waals surface area contributed by atoms with Crippen LogP contribution < -0.4 is 21.7 Å². The minimum Gasteiger partial charge on any atom is -0.361 e. The molecule has 2 atom stereocenters. The van der Waals surface area contributed by atoms with Crippen molar-refractivity contribution in [1.29, 1.82) is 0 Å². The van der Waals surface area contributed by atoms with Gasteiger partial charge < -0.3 is 31.5 Å². The molecule has 1 aromatic carbocycles. The molecule has 2 amide bonds. The monoisotopic (exact) mass is 621 g/mol. The molecule has 3 aliphatic heterocycles. The van der Waals surface area contributed by atoms with Crippen LogP contribution in [0, 0.1) is 0 Å². The molecule has 0 bridgehead atoms. The summed E-state index contributed by atoms with van der Waals surface area (Å²) < 4.78 is 67.9. The molecule has 236 valence electrons. The predicted molar refractivity (Wildman–Crippen MR) is 152 cm³/mol. The van der Waals surface area contributed by atoms with Crippen molar-refractivity contribution in [3.8, 4) is 0 Å². The highest BCUT2D eigenvalue weighted by molar-refractivity contribution is 6.05. The van der Waals surface area contributed by atoms with Gasteiger partial charge in [-0.1, -0.05) is 6.92 Å². The fourth-order valence-electron chi connectivity index (χ4n) is 5.41. The summed E-state index contributed by atoms with van der Waals surface area (Å²) in [6.07, 6.45) is -1.37. The van der Waals surface area contributed by atoms with Gasteiger partial charge in [0, 0.05) is 55.2 Å². The third-order valence-electron chi connectivity index (χ3n) is 7.71. The van der Waals surface area contributed by atoms with Crippen molar-refractivity contribution >= 4 is 29.0 Å². The number of likely N-dealkylation sites (tertiary alicyclic amines) is 1. The van der Waals surface area contributed by atoms with E-state index in [9.17, 15) is 31.5 Å². The number of nitrogens with one attached hydrogen (secondary N) is 3. The van der Waals surface area contributed by atoms with Crippen molar-refractivity contribution in [3.63, 3.8) is 0 Å². The van der Waals surface area contributed by atoms with Crippen molar-refractivity contribution in [2.75, 3.05) is 25.0 Å². The number of rotatable bonds is 8. The average molecular weight is 622 g/mol. The number of nitrogens with two attached hydrogens (primary N) is 1. The van der Waals surface area contributed by atoms with Crippen molar-refractivity contribution in [2.24, 2.45) is 10.7 Å². The number of amidine groups is 1. The summed E-state index contributed by atoms with van der Waals surface area (Å²) >= 11 is 0. The smallest absolute Gasteiger partial charge is 0.361 e. The Balaban J connectivity index is 1.31. The molecule has 1 aromatic heterocycles. The quantitative estimate of drug-likeness (QED) is 0.334. The number of aliphatic imine (C=N–C) groups is 1. The maximum absolute atomic E-state index is 13.8. The Morgan fingerprint density at radius 1 is 1.27 bits per heavy atom. The third-order valence-corrected chi connectivity index (χ3v) is 7.71. The fraction of sp³-hybridized carbons (Fsp3) is 0.429. The lowest BCUT2D eigenvalue weighted by molar-refractivity contribution is -0.141. The van der Waals surface area contributed by atoms with Crippen molar-refractivity contribution in [2.45, 2.75) is 57.5 Å². The Bertz CT molecular complexity index is 1530. The van der Waals surface area contributed by atoms with Gasteiger partial charge in [0.15, 0.2) is 17.2 Å². The van der Waals surface area contributed by atoms with Crippen molar-refractivity contribution < 1.29 is 31.5 Å². The summed E-state index contributed by atoms with van der Waals surface area (Å²) in [5.74, 6) is -0.279. The highest BCUT2D eigenvalue weighted by atomic mass is 19.4. The van der Waals surface area contributed by atoms with Crippen LogP contribution in [0.15, 0.2) is 48.0 Å². The molecule has 0 saturated carbocycles. The second-order valence-electron chi connectivity index (χ2n) is 10.8. The Labute approximate surface area is 249 Å². The van der Waals surface area contributed by atoms with Gasteiger partial charge >= 0.3 is 6.18 Å². The van der Waals surface area contributed by atoms with E-state index in [1.807, 2.05) is 6.92 Å². The minimum atomic E-state index is -4.88. The normalized spacial score (nSPS) is 21.2. The van der Waals surface area contributed by atoms with E-state index in [4.69, 9.17) is 5.73 Å². The number of hydrogen-bond acceptors (Lipinski definition) is 8. The molecule has 1 fully saturated rings. The zero-order valence-electron chi connectivity index (χ0n) is 24.0. The lowest BCUT2D eigenvalue weighted by atomic mass is 10.0. The number of amides is 2. The molecule has 0 radical (unpaired) electrons. The summed E-state index contributed by atoms with van der Waals surface area (Å²) in [6.45, 7) is 3.45. The molecular weight excluding hydrogens is 589 g/mol. The maximum atomic E-state index is 13.8.